The van der Waals surface area contributed by atoms with Gasteiger partial charge in [0, 0.05) is 55.8 Å². The summed E-state index contributed by atoms with van der Waals surface area (Å²) in [5, 5.41) is 3.08. The number of amides is 1. The Hall–Kier alpha value is -2.43. The molecule has 7 aliphatic rings. The SMILES string of the molecule is CN1CCC[C@H]1CCNC(=O)C1=CN2C3CC4CCCCC4CC3OC3C(N4CC[C@@H](c5cnccn5)C4)C(F)CC(C1=O)C32. The van der Waals surface area contributed by atoms with E-state index in [4.69, 9.17) is 4.74 Å². The molecule has 3 aliphatic carbocycles. The van der Waals surface area contributed by atoms with E-state index in [9.17, 15) is 9.59 Å². The number of ketones is 1. The first-order valence-electron chi connectivity index (χ1n) is 17.8. The molecule has 0 bridgehead atoms. The van der Waals surface area contributed by atoms with Crippen molar-refractivity contribution in [3.8, 4) is 0 Å². The first kappa shape index (κ1) is 29.9. The molecular formula is C35H49FN6O3. The van der Waals surface area contributed by atoms with E-state index in [0.29, 0.717) is 31.0 Å². The number of nitrogens with zero attached hydrogens (tertiary/aromatic N) is 5. The van der Waals surface area contributed by atoms with Gasteiger partial charge in [-0.1, -0.05) is 25.7 Å². The molecule has 244 valence electrons. The number of carbonyl (C=O) groups is 2. The Kier molecular flexibility index (Phi) is 8.19. The van der Waals surface area contributed by atoms with Gasteiger partial charge in [0.2, 0.25) is 0 Å². The number of hydrogen-bond acceptors (Lipinski definition) is 8. The van der Waals surface area contributed by atoms with Crippen molar-refractivity contribution in [2.24, 2.45) is 17.8 Å². The molecule has 11 atom stereocenters. The molecule has 10 heteroatoms. The van der Waals surface area contributed by atoms with Crippen LogP contribution in [0.15, 0.2) is 30.4 Å². The van der Waals surface area contributed by atoms with Gasteiger partial charge in [-0.25, -0.2) is 4.39 Å². The fraction of sp³-hybridized carbons (Fsp3) is 0.771. The molecule has 3 saturated carbocycles. The highest BCUT2D eigenvalue weighted by Crippen LogP contribution is 2.51. The maximum Gasteiger partial charge on any atom is 0.256 e. The van der Waals surface area contributed by atoms with E-state index in [1.807, 2.05) is 12.4 Å². The van der Waals surface area contributed by atoms with Crippen LogP contribution in [0.1, 0.15) is 82.2 Å². The molecule has 3 saturated heterocycles. The fourth-order valence-corrected chi connectivity index (χ4v) is 10.5. The molecule has 5 heterocycles. The number of hydrogen-bond donors (Lipinski definition) is 1. The minimum atomic E-state index is -1.20. The standard InChI is InChI=1S/C35H49FN6O3/c1-40-13-4-7-24(40)8-10-39-35(44)26-20-42-29-15-21-5-2-3-6-22(21)16-30(29)45-34-31(42)25(33(26)43)17-27(36)32(34)41-14-9-23(19-41)28-18-37-11-12-38-28/h11-12,18,20-25,27,29-32,34H,2-10,13-17,19H2,1H3,(H,39,44)/t21?,22?,23-,24+,25?,27?,29?,30?,31?,32?,34?/m1/s1. The maximum absolute atomic E-state index is 16.5. The van der Waals surface area contributed by atoms with Crippen LogP contribution in [0.3, 0.4) is 0 Å². The van der Waals surface area contributed by atoms with Crippen molar-refractivity contribution in [3.05, 3.63) is 36.1 Å². The van der Waals surface area contributed by atoms with Crippen LogP contribution in [0.2, 0.25) is 0 Å². The van der Waals surface area contributed by atoms with E-state index in [1.165, 1.54) is 32.1 Å². The van der Waals surface area contributed by atoms with Gasteiger partial charge in [-0.3, -0.25) is 24.5 Å². The van der Waals surface area contributed by atoms with Crippen molar-refractivity contribution in [1.82, 2.24) is 30.0 Å². The summed E-state index contributed by atoms with van der Waals surface area (Å²) in [5.74, 6) is 0.441. The summed E-state index contributed by atoms with van der Waals surface area (Å²) in [6, 6.07) is -0.0618. The average Bonchev–Trinajstić information content (AvgIpc) is 3.71. The molecule has 45 heavy (non-hydrogen) atoms. The molecule has 1 aromatic rings. The highest BCUT2D eigenvalue weighted by atomic mass is 19.1. The predicted octanol–water partition coefficient (Wildman–Crippen LogP) is 3.47. The second kappa shape index (κ2) is 12.3. The molecule has 9 nitrogen and oxygen atoms in total. The zero-order valence-corrected chi connectivity index (χ0v) is 26.6. The van der Waals surface area contributed by atoms with Gasteiger partial charge < -0.3 is 19.9 Å². The Labute approximate surface area is 266 Å². The fourth-order valence-electron chi connectivity index (χ4n) is 10.5. The molecule has 0 radical (unpaired) electrons. The van der Waals surface area contributed by atoms with Gasteiger partial charge in [-0.05, 0) is 76.9 Å². The number of alkyl halides is 1. The van der Waals surface area contributed by atoms with Crippen molar-refractivity contribution < 1.29 is 18.7 Å². The third-order valence-corrected chi connectivity index (χ3v) is 12.8. The average molecular weight is 621 g/mol. The number of carbonyl (C=O) groups excluding carboxylic acids is 2. The predicted molar refractivity (Wildman–Crippen MR) is 167 cm³/mol. The minimum absolute atomic E-state index is 0.0101. The topological polar surface area (TPSA) is 90.9 Å². The molecule has 9 unspecified atom stereocenters. The molecule has 6 fully saturated rings. The summed E-state index contributed by atoms with van der Waals surface area (Å²) in [6.07, 6.45) is 16.8. The molecule has 1 aromatic heterocycles. The number of ether oxygens (including phenoxy) is 1. The van der Waals surface area contributed by atoms with E-state index in [1.54, 1.807) is 12.4 Å². The summed E-state index contributed by atoms with van der Waals surface area (Å²) in [5.41, 5.74) is 1.17. The molecule has 4 aliphatic heterocycles. The van der Waals surface area contributed by atoms with Crippen LogP contribution in [0.25, 0.3) is 0 Å². The molecule has 0 aromatic carbocycles. The lowest BCUT2D eigenvalue weighted by Crippen LogP contribution is -2.73. The van der Waals surface area contributed by atoms with E-state index in [0.717, 1.165) is 50.9 Å². The summed E-state index contributed by atoms with van der Waals surface area (Å²) >= 11 is 0. The number of fused-ring (bicyclic) bond motifs is 3. The van der Waals surface area contributed by atoms with E-state index in [-0.39, 0.29) is 47.8 Å². The van der Waals surface area contributed by atoms with Crippen LogP contribution in [-0.4, -0.2) is 112 Å². The van der Waals surface area contributed by atoms with E-state index < -0.39 is 24.2 Å². The van der Waals surface area contributed by atoms with Gasteiger partial charge in [0.15, 0.2) is 5.78 Å². The number of likely N-dealkylation sites (tertiary alicyclic amines) is 2. The Morgan fingerprint density at radius 3 is 2.67 bits per heavy atom. The van der Waals surface area contributed by atoms with E-state index >= 15 is 4.39 Å². The molecule has 0 spiro atoms. The molecule has 8 rings (SSSR count). The number of morpholine rings is 1. The Morgan fingerprint density at radius 1 is 1.04 bits per heavy atom. The van der Waals surface area contributed by atoms with Crippen molar-refractivity contribution in [1.29, 1.82) is 0 Å². The van der Waals surface area contributed by atoms with Crippen LogP contribution in [0.5, 0.6) is 0 Å². The summed E-state index contributed by atoms with van der Waals surface area (Å²) < 4.78 is 23.6. The number of halogens is 1. The smallest absolute Gasteiger partial charge is 0.256 e. The van der Waals surface area contributed by atoms with Crippen LogP contribution >= 0.6 is 0 Å². The van der Waals surface area contributed by atoms with Crippen molar-refractivity contribution in [2.45, 2.75) is 119 Å². The van der Waals surface area contributed by atoms with Crippen molar-refractivity contribution >= 4 is 11.7 Å². The zero-order chi connectivity index (χ0) is 30.7. The van der Waals surface area contributed by atoms with Crippen molar-refractivity contribution in [3.63, 3.8) is 0 Å². The Bertz CT molecular complexity index is 1300. The lowest BCUT2D eigenvalue weighted by molar-refractivity contribution is -0.219. The number of aromatic nitrogens is 2. The Morgan fingerprint density at radius 2 is 1.89 bits per heavy atom. The number of rotatable bonds is 6. The second-order valence-electron chi connectivity index (χ2n) is 15.1. The maximum atomic E-state index is 16.5. The Balaban J connectivity index is 1.07. The molecular weight excluding hydrogens is 571 g/mol. The summed E-state index contributed by atoms with van der Waals surface area (Å²) in [7, 11) is 2.14. The van der Waals surface area contributed by atoms with Gasteiger partial charge in [-0.15, -0.1) is 0 Å². The van der Waals surface area contributed by atoms with Gasteiger partial charge in [0.25, 0.3) is 5.91 Å². The van der Waals surface area contributed by atoms with Crippen LogP contribution in [0.4, 0.5) is 4.39 Å². The second-order valence-corrected chi connectivity index (χ2v) is 15.1. The lowest BCUT2D eigenvalue weighted by atomic mass is 9.64. The van der Waals surface area contributed by atoms with Gasteiger partial charge in [-0.2, -0.15) is 0 Å². The molecule has 1 N–H and O–H groups in total. The van der Waals surface area contributed by atoms with Gasteiger partial charge >= 0.3 is 0 Å². The van der Waals surface area contributed by atoms with Crippen molar-refractivity contribution in [2.75, 3.05) is 33.2 Å². The summed E-state index contributed by atoms with van der Waals surface area (Å²) in [4.78, 5) is 43.5. The monoisotopic (exact) mass is 620 g/mol. The quantitative estimate of drug-likeness (QED) is 0.484. The highest BCUT2D eigenvalue weighted by molar-refractivity contribution is 6.20. The van der Waals surface area contributed by atoms with Gasteiger partial charge in [0.1, 0.15) is 6.17 Å². The molecule has 1 amide bonds. The van der Waals surface area contributed by atoms with Gasteiger partial charge in [0.05, 0.1) is 41.6 Å². The minimum Gasteiger partial charge on any atom is -0.369 e. The van der Waals surface area contributed by atoms with Crippen LogP contribution < -0.4 is 5.32 Å². The zero-order valence-electron chi connectivity index (χ0n) is 26.6. The number of Topliss-reactive ketones (excluding diaryl/α,β-unsaturated/α-hetero) is 1. The normalized spacial score (nSPS) is 41.6. The third-order valence-electron chi connectivity index (χ3n) is 12.8. The number of nitrogens with one attached hydrogen (secondary N) is 1. The summed E-state index contributed by atoms with van der Waals surface area (Å²) in [6.45, 7) is 3.13. The first-order valence-corrected chi connectivity index (χ1v) is 17.8. The third kappa shape index (κ3) is 5.42. The van der Waals surface area contributed by atoms with Crippen LogP contribution in [-0.2, 0) is 14.3 Å². The van der Waals surface area contributed by atoms with Crippen LogP contribution in [0, 0.1) is 17.8 Å². The first-order chi connectivity index (χ1) is 22.0. The lowest BCUT2D eigenvalue weighted by Gasteiger charge is -2.61. The van der Waals surface area contributed by atoms with E-state index in [2.05, 4.69) is 37.0 Å². The highest BCUT2D eigenvalue weighted by Gasteiger charge is 2.61. The largest absolute Gasteiger partial charge is 0.369 e.